The van der Waals surface area contributed by atoms with Crippen LogP contribution in [0.1, 0.15) is 5.56 Å². The Hall–Kier alpha value is -0.990. The summed E-state index contributed by atoms with van der Waals surface area (Å²) in [5, 5.41) is 9.27. The summed E-state index contributed by atoms with van der Waals surface area (Å²) in [5.41, 5.74) is 1.18. The molecule has 0 N–H and O–H groups in total. The van der Waals surface area contributed by atoms with E-state index in [0.717, 1.165) is 16.2 Å². The van der Waals surface area contributed by atoms with Gasteiger partial charge in [0.2, 0.25) is 6.19 Å². The zero-order valence-corrected chi connectivity index (χ0v) is 11.5. The van der Waals surface area contributed by atoms with Crippen LogP contribution in [0.15, 0.2) is 33.7 Å². The Morgan fingerprint density at radius 2 is 2.38 bits per heavy atom. The molecule has 0 fully saturated rings. The number of amidine groups is 1. The largest absolute Gasteiger partial charge is 0.349 e. The van der Waals surface area contributed by atoms with Crippen LogP contribution >= 0.6 is 27.7 Å². The van der Waals surface area contributed by atoms with E-state index in [1.807, 2.05) is 42.6 Å². The summed E-state index contributed by atoms with van der Waals surface area (Å²) in [7, 11) is 1.92. The number of nitrogens with zero attached hydrogens (tertiary/aromatic N) is 3. The van der Waals surface area contributed by atoms with Crippen molar-refractivity contribution in [2.24, 2.45) is 4.99 Å². The molecule has 0 aromatic heterocycles. The molecule has 0 aliphatic rings. The first kappa shape index (κ1) is 13.1. The number of rotatable bonds is 2. The van der Waals surface area contributed by atoms with E-state index in [9.17, 15) is 0 Å². The summed E-state index contributed by atoms with van der Waals surface area (Å²) in [6.07, 6.45) is 3.72. The van der Waals surface area contributed by atoms with E-state index >= 15 is 0 Å². The van der Waals surface area contributed by atoms with Gasteiger partial charge in [0.1, 0.15) is 0 Å². The fourth-order valence-corrected chi connectivity index (χ4v) is 2.26. The second-order valence-corrected chi connectivity index (χ2v) is 4.87. The number of hydrogen-bond donors (Lipinski definition) is 0. The second kappa shape index (κ2) is 6.56. The molecule has 1 aromatic rings. The van der Waals surface area contributed by atoms with Gasteiger partial charge in [-0.3, -0.25) is 0 Å². The maximum Gasteiger partial charge on any atom is 0.208 e. The molecule has 0 bridgehead atoms. The van der Waals surface area contributed by atoms with E-state index in [1.54, 1.807) is 0 Å². The quantitative estimate of drug-likeness (QED) is 0.478. The number of hydrogen-bond acceptors (Lipinski definition) is 3. The lowest BCUT2D eigenvalue weighted by atomic mass is 10.2. The van der Waals surface area contributed by atoms with E-state index in [1.165, 1.54) is 17.3 Å². The summed E-state index contributed by atoms with van der Waals surface area (Å²) < 4.78 is 1.06. The maximum absolute atomic E-state index is 8.54. The molecule has 1 rings (SSSR count). The van der Waals surface area contributed by atoms with Crippen LogP contribution in [-0.2, 0) is 6.54 Å². The van der Waals surface area contributed by atoms with Gasteiger partial charge in [0.25, 0.3) is 0 Å². The van der Waals surface area contributed by atoms with Crippen molar-refractivity contribution in [1.29, 1.82) is 5.26 Å². The molecule has 0 spiro atoms. The third kappa shape index (κ3) is 3.87. The smallest absolute Gasteiger partial charge is 0.208 e. The second-order valence-electron chi connectivity index (χ2n) is 3.18. The van der Waals surface area contributed by atoms with Gasteiger partial charge in [0.05, 0.1) is 0 Å². The Labute approximate surface area is 108 Å². The highest BCUT2D eigenvalue weighted by Crippen LogP contribution is 2.14. The number of thioether (sulfide) groups is 1. The van der Waals surface area contributed by atoms with Crippen LogP contribution in [0.25, 0.3) is 0 Å². The molecule has 0 unspecified atom stereocenters. The Morgan fingerprint density at radius 3 is 2.94 bits per heavy atom. The molecule has 0 radical (unpaired) electrons. The van der Waals surface area contributed by atoms with Crippen molar-refractivity contribution >= 4 is 32.9 Å². The first-order chi connectivity index (χ1) is 7.67. The van der Waals surface area contributed by atoms with Gasteiger partial charge in [0, 0.05) is 18.1 Å². The molecule has 0 aliphatic heterocycles. The number of benzene rings is 1. The van der Waals surface area contributed by atoms with Crippen LogP contribution in [0.3, 0.4) is 0 Å². The Balaban J connectivity index is 2.74. The predicted molar refractivity (Wildman–Crippen MR) is 72.2 cm³/mol. The minimum atomic E-state index is 0.725. The van der Waals surface area contributed by atoms with Crippen molar-refractivity contribution in [3.8, 4) is 6.19 Å². The zero-order valence-electron chi connectivity index (χ0n) is 9.14. The number of nitriles is 1. The Morgan fingerprint density at radius 1 is 1.62 bits per heavy atom. The van der Waals surface area contributed by atoms with Gasteiger partial charge in [-0.25, -0.2) is 0 Å². The van der Waals surface area contributed by atoms with Crippen LogP contribution in [0.5, 0.6) is 0 Å². The van der Waals surface area contributed by atoms with Gasteiger partial charge >= 0.3 is 0 Å². The Kier molecular flexibility index (Phi) is 5.36. The normalized spacial score (nSPS) is 11.0. The summed E-state index contributed by atoms with van der Waals surface area (Å²) in [4.78, 5) is 5.71. The van der Waals surface area contributed by atoms with Gasteiger partial charge < -0.3 is 4.90 Å². The maximum atomic E-state index is 8.54. The Bertz CT molecular complexity index is 425. The van der Waals surface area contributed by atoms with Crippen molar-refractivity contribution in [3.05, 3.63) is 34.3 Å². The van der Waals surface area contributed by atoms with Gasteiger partial charge in [-0.15, -0.1) is 4.99 Å². The fraction of sp³-hybridized carbons (Fsp3) is 0.273. The van der Waals surface area contributed by atoms with Crippen molar-refractivity contribution in [3.63, 3.8) is 0 Å². The topological polar surface area (TPSA) is 39.4 Å². The zero-order chi connectivity index (χ0) is 12.0. The van der Waals surface area contributed by atoms with E-state index in [4.69, 9.17) is 5.26 Å². The molecule has 0 atom stereocenters. The molecule has 0 heterocycles. The molecule has 0 amide bonds. The predicted octanol–water partition coefficient (Wildman–Crippen LogP) is 3.08. The first-order valence-electron chi connectivity index (χ1n) is 4.63. The van der Waals surface area contributed by atoms with Crippen molar-refractivity contribution in [2.45, 2.75) is 6.54 Å². The lowest BCUT2D eigenvalue weighted by molar-refractivity contribution is 0.511. The van der Waals surface area contributed by atoms with Gasteiger partial charge in [-0.2, -0.15) is 5.26 Å². The van der Waals surface area contributed by atoms with Gasteiger partial charge in [0.15, 0.2) is 5.17 Å². The molecule has 5 heteroatoms. The lowest BCUT2D eigenvalue weighted by Gasteiger charge is -2.18. The molecule has 16 heavy (non-hydrogen) atoms. The van der Waals surface area contributed by atoms with Crippen LogP contribution in [0.2, 0.25) is 0 Å². The van der Waals surface area contributed by atoms with E-state index in [0.29, 0.717) is 0 Å². The molecular weight excluding hydrogens is 286 g/mol. The van der Waals surface area contributed by atoms with Crippen molar-refractivity contribution in [1.82, 2.24) is 4.90 Å². The van der Waals surface area contributed by atoms with E-state index in [-0.39, 0.29) is 0 Å². The van der Waals surface area contributed by atoms with Gasteiger partial charge in [-0.05, 0) is 24.0 Å². The summed E-state index contributed by atoms with van der Waals surface area (Å²) >= 11 is 4.90. The monoisotopic (exact) mass is 297 g/mol. The molecule has 1 aromatic carbocycles. The summed E-state index contributed by atoms with van der Waals surface area (Å²) in [6, 6.07) is 8.09. The van der Waals surface area contributed by atoms with Crippen LogP contribution in [-0.4, -0.2) is 23.4 Å². The average Bonchev–Trinajstić information content (AvgIpc) is 2.25. The standard InChI is InChI=1S/C11H12BrN3S/c1-15(11(16-2)14-8-13)7-9-4-3-5-10(12)6-9/h3-6H,7H2,1-2H3. The SMILES string of the molecule is CSC(=NC#N)N(C)Cc1cccc(Br)c1. The minimum absolute atomic E-state index is 0.725. The van der Waals surface area contributed by atoms with Crippen LogP contribution < -0.4 is 0 Å². The highest BCUT2D eigenvalue weighted by Gasteiger charge is 2.06. The highest BCUT2D eigenvalue weighted by molar-refractivity contribution is 9.10. The summed E-state index contributed by atoms with van der Waals surface area (Å²) in [6.45, 7) is 0.737. The molecule has 0 aliphatic carbocycles. The number of aliphatic imine (C=N–C) groups is 1. The number of halogens is 1. The fourth-order valence-electron chi connectivity index (χ4n) is 1.31. The van der Waals surface area contributed by atoms with Gasteiger partial charge in [-0.1, -0.05) is 39.8 Å². The van der Waals surface area contributed by atoms with Crippen LogP contribution in [0.4, 0.5) is 0 Å². The van der Waals surface area contributed by atoms with E-state index in [2.05, 4.69) is 27.0 Å². The highest BCUT2D eigenvalue weighted by atomic mass is 79.9. The molecular formula is C11H12BrN3S. The summed E-state index contributed by atoms with van der Waals surface area (Å²) in [5.74, 6) is 0. The lowest BCUT2D eigenvalue weighted by Crippen LogP contribution is -2.23. The van der Waals surface area contributed by atoms with E-state index < -0.39 is 0 Å². The van der Waals surface area contributed by atoms with Crippen molar-refractivity contribution < 1.29 is 0 Å². The third-order valence-corrected chi connectivity index (χ3v) is 3.22. The third-order valence-electron chi connectivity index (χ3n) is 1.96. The average molecular weight is 298 g/mol. The molecule has 3 nitrogen and oxygen atoms in total. The molecule has 0 saturated heterocycles. The minimum Gasteiger partial charge on any atom is -0.349 e. The molecule has 84 valence electrons. The molecule has 0 saturated carbocycles. The van der Waals surface area contributed by atoms with Crippen LogP contribution in [0, 0.1) is 11.5 Å². The van der Waals surface area contributed by atoms with Crippen molar-refractivity contribution in [2.75, 3.05) is 13.3 Å². The first-order valence-corrected chi connectivity index (χ1v) is 6.65.